The van der Waals surface area contributed by atoms with E-state index >= 15 is 0 Å². The molecule has 1 fully saturated rings. The molecular formula is C29H32N2O3. The van der Waals surface area contributed by atoms with Crippen LogP contribution in [0.15, 0.2) is 72.8 Å². The zero-order valence-corrected chi connectivity index (χ0v) is 19.9. The third kappa shape index (κ3) is 6.47. The van der Waals surface area contributed by atoms with E-state index in [1.165, 1.54) is 5.56 Å². The Balaban J connectivity index is 1.33. The summed E-state index contributed by atoms with van der Waals surface area (Å²) < 4.78 is 5.17. The van der Waals surface area contributed by atoms with Gasteiger partial charge in [-0.2, -0.15) is 0 Å². The molecule has 0 heterocycles. The van der Waals surface area contributed by atoms with E-state index in [2.05, 4.69) is 30.4 Å². The molecule has 0 aliphatic heterocycles. The number of benzene rings is 3. The maximum atomic E-state index is 13.0. The number of carbonyl (C=O) groups is 2. The molecule has 176 valence electrons. The Hall–Kier alpha value is -3.60. The first-order valence-corrected chi connectivity index (χ1v) is 11.9. The molecule has 4 rings (SSSR count). The lowest BCUT2D eigenvalue weighted by molar-refractivity contribution is -0.121. The Bertz CT molecular complexity index is 1120. The smallest absolute Gasteiger partial charge is 0.230 e. The fourth-order valence-electron chi connectivity index (χ4n) is 4.02. The van der Waals surface area contributed by atoms with Gasteiger partial charge in [0.15, 0.2) is 0 Å². The third-order valence-corrected chi connectivity index (χ3v) is 6.12. The van der Waals surface area contributed by atoms with Crippen LogP contribution in [-0.4, -0.2) is 25.5 Å². The minimum atomic E-state index is -0.00747. The Kier molecular flexibility index (Phi) is 7.63. The number of hydrogen-bond donors (Lipinski definition) is 1. The average Bonchev–Trinajstić information content (AvgIpc) is 3.69. The van der Waals surface area contributed by atoms with Crippen LogP contribution in [-0.2, 0) is 29.0 Å². The maximum absolute atomic E-state index is 13.0. The summed E-state index contributed by atoms with van der Waals surface area (Å²) in [4.78, 5) is 27.3. The van der Waals surface area contributed by atoms with Gasteiger partial charge in [-0.05, 0) is 67.1 Å². The summed E-state index contributed by atoms with van der Waals surface area (Å²) in [5.74, 6) is 1.14. The lowest BCUT2D eigenvalue weighted by Crippen LogP contribution is -2.31. The molecule has 3 aromatic rings. The van der Waals surface area contributed by atoms with E-state index in [0.29, 0.717) is 19.5 Å². The van der Waals surface area contributed by atoms with E-state index in [1.807, 2.05) is 59.5 Å². The highest BCUT2D eigenvalue weighted by Crippen LogP contribution is 2.33. The second-order valence-electron chi connectivity index (χ2n) is 8.98. The highest BCUT2D eigenvalue weighted by Gasteiger charge is 2.34. The molecule has 5 nitrogen and oxygen atoms in total. The molecule has 0 saturated heterocycles. The monoisotopic (exact) mass is 456 g/mol. The van der Waals surface area contributed by atoms with Crippen molar-refractivity contribution in [3.05, 3.63) is 95.1 Å². The molecule has 1 aliphatic carbocycles. The van der Waals surface area contributed by atoms with Gasteiger partial charge in [0.05, 0.1) is 20.1 Å². The molecule has 0 spiro atoms. The largest absolute Gasteiger partial charge is 0.497 e. The Morgan fingerprint density at radius 1 is 0.941 bits per heavy atom. The summed E-state index contributed by atoms with van der Waals surface area (Å²) in [6, 6.07) is 23.9. The van der Waals surface area contributed by atoms with Crippen LogP contribution in [0.25, 0.3) is 0 Å². The number of aryl methyl sites for hydroxylation is 1. The van der Waals surface area contributed by atoms with E-state index in [9.17, 15) is 9.59 Å². The zero-order valence-electron chi connectivity index (χ0n) is 19.9. The summed E-state index contributed by atoms with van der Waals surface area (Å²) in [6.45, 7) is 3.21. The summed E-state index contributed by atoms with van der Waals surface area (Å²) in [5, 5.41) is 2.99. The number of nitrogens with one attached hydrogen (secondary N) is 1. The number of amides is 2. The van der Waals surface area contributed by atoms with Crippen molar-refractivity contribution in [1.29, 1.82) is 0 Å². The van der Waals surface area contributed by atoms with Crippen LogP contribution in [0.3, 0.4) is 0 Å². The fraction of sp³-hybridized carbons (Fsp3) is 0.310. The molecule has 3 aromatic carbocycles. The van der Waals surface area contributed by atoms with Crippen LogP contribution in [0.4, 0.5) is 5.69 Å². The molecule has 0 bridgehead atoms. The molecule has 2 amide bonds. The number of anilines is 1. The third-order valence-electron chi connectivity index (χ3n) is 6.12. The lowest BCUT2D eigenvalue weighted by atomic mass is 10.1. The van der Waals surface area contributed by atoms with E-state index in [4.69, 9.17) is 4.74 Å². The molecule has 5 heteroatoms. The second kappa shape index (κ2) is 11.0. The van der Waals surface area contributed by atoms with Crippen LogP contribution in [0.2, 0.25) is 0 Å². The van der Waals surface area contributed by atoms with Crippen molar-refractivity contribution >= 4 is 17.5 Å². The number of hydrogen-bond acceptors (Lipinski definition) is 3. The van der Waals surface area contributed by atoms with E-state index in [1.54, 1.807) is 7.11 Å². The van der Waals surface area contributed by atoms with Gasteiger partial charge in [0, 0.05) is 18.2 Å². The van der Waals surface area contributed by atoms with Crippen LogP contribution in [0.5, 0.6) is 5.75 Å². The standard InChI is InChI=1S/C29H32N2O3/c1-21-4-3-5-24(18-21)20-31(29(33)25-10-11-25)26-12-6-23(7-13-26)19-28(32)30-17-16-22-8-14-27(34-2)15-9-22/h3-9,12-15,18,25H,10-11,16-17,19-20H2,1-2H3,(H,30,32). The molecule has 1 saturated carbocycles. The number of carbonyl (C=O) groups excluding carboxylic acids is 2. The van der Waals surface area contributed by atoms with Gasteiger partial charge in [-0.1, -0.05) is 54.1 Å². The van der Waals surface area contributed by atoms with Gasteiger partial charge in [0.2, 0.25) is 11.8 Å². The molecule has 0 radical (unpaired) electrons. The van der Waals surface area contributed by atoms with Gasteiger partial charge < -0.3 is 15.0 Å². The van der Waals surface area contributed by atoms with Crippen molar-refractivity contribution < 1.29 is 14.3 Å². The number of rotatable bonds is 10. The van der Waals surface area contributed by atoms with E-state index < -0.39 is 0 Å². The molecule has 34 heavy (non-hydrogen) atoms. The summed E-state index contributed by atoms with van der Waals surface area (Å²) >= 11 is 0. The minimum Gasteiger partial charge on any atom is -0.497 e. The molecule has 1 aliphatic rings. The first-order valence-electron chi connectivity index (χ1n) is 11.9. The SMILES string of the molecule is COc1ccc(CCNC(=O)Cc2ccc(N(Cc3cccc(C)c3)C(=O)C3CC3)cc2)cc1. The molecular weight excluding hydrogens is 424 g/mol. The van der Waals surface area contributed by atoms with Crippen molar-refractivity contribution in [3.63, 3.8) is 0 Å². The highest BCUT2D eigenvalue weighted by molar-refractivity contribution is 5.96. The van der Waals surface area contributed by atoms with Gasteiger partial charge >= 0.3 is 0 Å². The lowest BCUT2D eigenvalue weighted by Gasteiger charge is -2.23. The zero-order chi connectivity index (χ0) is 23.9. The first kappa shape index (κ1) is 23.6. The molecule has 0 aromatic heterocycles. The average molecular weight is 457 g/mol. The molecule has 1 N–H and O–H groups in total. The Morgan fingerprint density at radius 2 is 1.65 bits per heavy atom. The van der Waals surface area contributed by atoms with Gasteiger partial charge in [-0.3, -0.25) is 9.59 Å². The Morgan fingerprint density at radius 3 is 2.29 bits per heavy atom. The summed E-state index contributed by atoms with van der Waals surface area (Å²) in [7, 11) is 1.65. The van der Waals surface area contributed by atoms with Crippen molar-refractivity contribution in [2.75, 3.05) is 18.6 Å². The van der Waals surface area contributed by atoms with Crippen molar-refractivity contribution in [3.8, 4) is 5.75 Å². The van der Waals surface area contributed by atoms with Gasteiger partial charge in [0.25, 0.3) is 0 Å². The summed E-state index contributed by atoms with van der Waals surface area (Å²) in [6.07, 6.45) is 3.03. The molecule has 0 atom stereocenters. The highest BCUT2D eigenvalue weighted by atomic mass is 16.5. The van der Waals surface area contributed by atoms with Crippen molar-refractivity contribution in [2.45, 2.75) is 39.2 Å². The minimum absolute atomic E-state index is 0.00747. The number of nitrogens with zero attached hydrogens (tertiary/aromatic N) is 1. The van der Waals surface area contributed by atoms with Crippen molar-refractivity contribution in [1.82, 2.24) is 5.32 Å². The fourth-order valence-corrected chi connectivity index (χ4v) is 4.02. The van der Waals surface area contributed by atoms with Gasteiger partial charge in [0.1, 0.15) is 5.75 Å². The van der Waals surface area contributed by atoms with Crippen LogP contribution in [0.1, 0.15) is 35.1 Å². The van der Waals surface area contributed by atoms with Crippen molar-refractivity contribution in [2.24, 2.45) is 5.92 Å². The predicted octanol–water partition coefficient (Wildman–Crippen LogP) is 4.85. The Labute approximate surface area is 201 Å². The maximum Gasteiger partial charge on any atom is 0.230 e. The van der Waals surface area contributed by atoms with Crippen LogP contribution < -0.4 is 15.0 Å². The number of ether oxygens (including phenoxy) is 1. The van der Waals surface area contributed by atoms with Crippen LogP contribution in [0, 0.1) is 12.8 Å². The summed E-state index contributed by atoms with van der Waals surface area (Å²) in [5.41, 5.74) is 5.26. The van der Waals surface area contributed by atoms with Crippen LogP contribution >= 0.6 is 0 Å². The second-order valence-corrected chi connectivity index (χ2v) is 8.98. The van der Waals surface area contributed by atoms with Gasteiger partial charge in [-0.25, -0.2) is 0 Å². The molecule has 0 unspecified atom stereocenters. The first-order chi connectivity index (χ1) is 16.5. The quantitative estimate of drug-likeness (QED) is 0.475. The topological polar surface area (TPSA) is 58.6 Å². The predicted molar refractivity (Wildman–Crippen MR) is 135 cm³/mol. The normalized spacial score (nSPS) is 12.8. The number of methoxy groups -OCH3 is 1. The van der Waals surface area contributed by atoms with E-state index in [0.717, 1.165) is 47.4 Å². The van der Waals surface area contributed by atoms with E-state index in [-0.39, 0.29) is 17.7 Å². The van der Waals surface area contributed by atoms with Gasteiger partial charge in [-0.15, -0.1) is 0 Å².